The Morgan fingerprint density at radius 2 is 2.04 bits per heavy atom. The Kier molecular flexibility index (Phi) is 4.24. The van der Waals surface area contributed by atoms with Crippen LogP contribution in [0.3, 0.4) is 0 Å². The van der Waals surface area contributed by atoms with E-state index in [2.05, 4.69) is 30.4 Å². The molecule has 2 aliphatic carbocycles. The SMILES string of the molecule is C=C1CCC[C@@]2(C)C[C@H]3OC(=O)[C@@H](CN4CCN(C)CC4)[C@@H]3C[C@H]12. The average molecular weight is 332 g/mol. The van der Waals surface area contributed by atoms with Gasteiger partial charge in [0.15, 0.2) is 0 Å². The van der Waals surface area contributed by atoms with Gasteiger partial charge in [0.2, 0.25) is 0 Å². The summed E-state index contributed by atoms with van der Waals surface area (Å²) in [5, 5.41) is 0. The molecule has 4 fully saturated rings. The Bertz CT molecular complexity index is 526. The van der Waals surface area contributed by atoms with E-state index in [-0.39, 0.29) is 18.0 Å². The van der Waals surface area contributed by atoms with E-state index in [1.807, 2.05) is 0 Å². The van der Waals surface area contributed by atoms with Crippen LogP contribution >= 0.6 is 0 Å². The standard InChI is InChI=1S/C20H32N2O2/c1-14-5-4-6-20(2)12-18-15(11-17(14)20)16(19(23)24-18)13-22-9-7-21(3)8-10-22/h15-18H,1,4-13H2,2-3H3/t15-,16-,17+,18+,20-/m0/s1. The molecule has 2 saturated carbocycles. The molecule has 24 heavy (non-hydrogen) atoms. The number of likely N-dealkylation sites (N-methyl/N-ethyl adjacent to an activating group) is 1. The number of nitrogens with zero attached hydrogens (tertiary/aromatic N) is 2. The van der Waals surface area contributed by atoms with Crippen LogP contribution in [-0.2, 0) is 9.53 Å². The van der Waals surface area contributed by atoms with Crippen molar-refractivity contribution in [2.45, 2.75) is 45.1 Å². The molecule has 5 atom stereocenters. The molecule has 0 aromatic carbocycles. The Balaban J connectivity index is 1.47. The van der Waals surface area contributed by atoms with Gasteiger partial charge >= 0.3 is 5.97 Å². The van der Waals surface area contributed by atoms with Gasteiger partial charge in [-0.1, -0.05) is 19.1 Å². The number of ether oxygens (including phenoxy) is 1. The Morgan fingerprint density at radius 3 is 2.79 bits per heavy atom. The predicted molar refractivity (Wildman–Crippen MR) is 94.6 cm³/mol. The highest BCUT2D eigenvalue weighted by Crippen LogP contribution is 2.56. The molecule has 4 nitrogen and oxygen atoms in total. The fraction of sp³-hybridized carbons (Fsp3) is 0.850. The lowest BCUT2D eigenvalue weighted by atomic mass is 9.55. The van der Waals surface area contributed by atoms with Crippen molar-refractivity contribution in [3.05, 3.63) is 12.2 Å². The maximum Gasteiger partial charge on any atom is 0.310 e. The van der Waals surface area contributed by atoms with E-state index in [4.69, 9.17) is 4.74 Å². The largest absolute Gasteiger partial charge is 0.462 e. The molecule has 0 aromatic rings. The third kappa shape index (κ3) is 2.82. The highest BCUT2D eigenvalue weighted by Gasteiger charge is 2.55. The number of carbonyl (C=O) groups excluding carboxylic acids is 1. The summed E-state index contributed by atoms with van der Waals surface area (Å²) in [6.45, 7) is 12.0. The molecule has 0 unspecified atom stereocenters. The van der Waals surface area contributed by atoms with Gasteiger partial charge in [-0.05, 0) is 50.5 Å². The zero-order valence-electron chi connectivity index (χ0n) is 15.3. The maximum atomic E-state index is 12.6. The first-order valence-corrected chi connectivity index (χ1v) is 9.75. The second-order valence-corrected chi connectivity index (χ2v) is 9.01. The summed E-state index contributed by atoms with van der Waals surface area (Å²) < 4.78 is 5.88. The monoisotopic (exact) mass is 332 g/mol. The third-order valence-corrected chi connectivity index (χ3v) is 7.37. The second kappa shape index (κ2) is 6.14. The molecule has 0 aromatic heterocycles. The van der Waals surface area contributed by atoms with Gasteiger partial charge in [0, 0.05) is 38.6 Å². The van der Waals surface area contributed by atoms with Crippen LogP contribution < -0.4 is 0 Å². The number of fused-ring (bicyclic) bond motifs is 2. The molecule has 0 bridgehead atoms. The molecule has 4 heteroatoms. The zero-order chi connectivity index (χ0) is 16.9. The molecule has 4 rings (SSSR count). The summed E-state index contributed by atoms with van der Waals surface area (Å²) in [6.07, 6.45) is 6.01. The highest BCUT2D eigenvalue weighted by molar-refractivity contribution is 5.75. The second-order valence-electron chi connectivity index (χ2n) is 9.01. The third-order valence-electron chi connectivity index (χ3n) is 7.37. The molecule has 134 valence electrons. The van der Waals surface area contributed by atoms with E-state index in [9.17, 15) is 4.79 Å². The van der Waals surface area contributed by atoms with E-state index in [1.165, 1.54) is 24.8 Å². The highest BCUT2D eigenvalue weighted by atomic mass is 16.6. The number of piperazine rings is 1. The first kappa shape index (κ1) is 16.6. The fourth-order valence-corrected chi connectivity index (χ4v) is 5.77. The van der Waals surface area contributed by atoms with E-state index in [0.717, 1.165) is 45.6 Å². The number of hydrogen-bond donors (Lipinski definition) is 0. The van der Waals surface area contributed by atoms with Crippen molar-refractivity contribution in [2.75, 3.05) is 39.8 Å². The van der Waals surface area contributed by atoms with Gasteiger partial charge in [-0.15, -0.1) is 0 Å². The molecule has 0 amide bonds. The van der Waals surface area contributed by atoms with Crippen LogP contribution in [0.2, 0.25) is 0 Å². The van der Waals surface area contributed by atoms with Gasteiger partial charge < -0.3 is 9.64 Å². The van der Waals surface area contributed by atoms with Gasteiger partial charge in [0.25, 0.3) is 0 Å². The minimum absolute atomic E-state index is 0.0665. The van der Waals surface area contributed by atoms with Gasteiger partial charge in [-0.2, -0.15) is 0 Å². The van der Waals surface area contributed by atoms with Crippen LogP contribution in [0.25, 0.3) is 0 Å². The summed E-state index contributed by atoms with van der Waals surface area (Å²) in [5.74, 6) is 1.15. The lowest BCUT2D eigenvalue weighted by Crippen LogP contribution is -2.49. The van der Waals surface area contributed by atoms with Crippen molar-refractivity contribution in [3.63, 3.8) is 0 Å². The predicted octanol–water partition coefficient (Wildman–Crippen LogP) is 2.55. The number of esters is 1. The normalized spacial score (nSPS) is 44.1. The van der Waals surface area contributed by atoms with Crippen LogP contribution in [0.5, 0.6) is 0 Å². The Labute approximate surface area is 146 Å². The van der Waals surface area contributed by atoms with Crippen LogP contribution in [-0.4, -0.2) is 61.6 Å². The number of carbonyl (C=O) groups is 1. The van der Waals surface area contributed by atoms with Gasteiger partial charge in [-0.3, -0.25) is 9.69 Å². The zero-order valence-corrected chi connectivity index (χ0v) is 15.3. The van der Waals surface area contributed by atoms with Crippen molar-refractivity contribution in [3.8, 4) is 0 Å². The van der Waals surface area contributed by atoms with E-state index in [0.29, 0.717) is 17.3 Å². The molecule has 2 aliphatic heterocycles. The Hall–Kier alpha value is -0.870. The summed E-state index contributed by atoms with van der Waals surface area (Å²) in [6, 6.07) is 0. The maximum absolute atomic E-state index is 12.6. The lowest BCUT2D eigenvalue weighted by molar-refractivity contribution is -0.146. The summed E-state index contributed by atoms with van der Waals surface area (Å²) >= 11 is 0. The Morgan fingerprint density at radius 1 is 1.29 bits per heavy atom. The van der Waals surface area contributed by atoms with Gasteiger partial charge in [0.1, 0.15) is 6.10 Å². The summed E-state index contributed by atoms with van der Waals surface area (Å²) in [7, 11) is 2.17. The minimum atomic E-state index is 0.0665. The molecule has 0 spiro atoms. The molecule has 0 radical (unpaired) electrons. The van der Waals surface area contributed by atoms with Crippen molar-refractivity contribution >= 4 is 5.97 Å². The first-order valence-electron chi connectivity index (χ1n) is 9.75. The lowest BCUT2D eigenvalue weighted by Gasteiger charge is -2.50. The first-order chi connectivity index (χ1) is 11.5. The average Bonchev–Trinajstić information content (AvgIpc) is 2.82. The number of rotatable bonds is 2. The molecule has 2 heterocycles. The van der Waals surface area contributed by atoms with Gasteiger partial charge in [0.05, 0.1) is 5.92 Å². The topological polar surface area (TPSA) is 32.8 Å². The fourth-order valence-electron chi connectivity index (χ4n) is 5.77. The summed E-state index contributed by atoms with van der Waals surface area (Å²) in [5.41, 5.74) is 1.74. The van der Waals surface area contributed by atoms with E-state index >= 15 is 0 Å². The molecule has 4 aliphatic rings. The minimum Gasteiger partial charge on any atom is -0.462 e. The quantitative estimate of drug-likeness (QED) is 0.575. The van der Waals surface area contributed by atoms with E-state index < -0.39 is 0 Å². The van der Waals surface area contributed by atoms with E-state index in [1.54, 1.807) is 0 Å². The van der Waals surface area contributed by atoms with Crippen molar-refractivity contribution in [2.24, 2.45) is 23.2 Å². The van der Waals surface area contributed by atoms with Crippen LogP contribution in [0.15, 0.2) is 12.2 Å². The molecule has 2 saturated heterocycles. The molecular formula is C20H32N2O2. The number of allylic oxidation sites excluding steroid dienone is 1. The summed E-state index contributed by atoms with van der Waals surface area (Å²) in [4.78, 5) is 17.4. The van der Waals surface area contributed by atoms with Crippen molar-refractivity contribution in [1.82, 2.24) is 9.80 Å². The molecular weight excluding hydrogens is 300 g/mol. The van der Waals surface area contributed by atoms with Crippen LogP contribution in [0, 0.1) is 23.2 Å². The van der Waals surface area contributed by atoms with Crippen LogP contribution in [0.1, 0.15) is 39.0 Å². The smallest absolute Gasteiger partial charge is 0.310 e. The number of hydrogen-bond acceptors (Lipinski definition) is 4. The van der Waals surface area contributed by atoms with Gasteiger partial charge in [-0.25, -0.2) is 0 Å². The van der Waals surface area contributed by atoms with Crippen molar-refractivity contribution < 1.29 is 9.53 Å². The molecule has 0 N–H and O–H groups in total. The van der Waals surface area contributed by atoms with Crippen molar-refractivity contribution in [1.29, 1.82) is 0 Å². The van der Waals surface area contributed by atoms with Crippen LogP contribution in [0.4, 0.5) is 0 Å².